The highest BCUT2D eigenvalue weighted by molar-refractivity contribution is 5.78. The first kappa shape index (κ1) is 15.1. The van der Waals surface area contributed by atoms with E-state index in [2.05, 4.69) is 15.6 Å². The molecule has 1 amide bonds. The standard InChI is InChI=1S/C12H20N4O3/c1-4-8(2)9(3)12(19)13-5-10-6-16(15-14-10)7-11(17)18/h6,8-9H,4-5,7H2,1-3H3,(H,13,19)(H,17,18). The Balaban J connectivity index is 2.46. The molecule has 0 aliphatic rings. The summed E-state index contributed by atoms with van der Waals surface area (Å²) in [5.41, 5.74) is 0.547. The van der Waals surface area contributed by atoms with Crippen molar-refractivity contribution in [3.63, 3.8) is 0 Å². The SMILES string of the molecule is CCC(C)C(C)C(=O)NCc1cn(CC(=O)O)nn1. The Labute approximate surface area is 112 Å². The van der Waals surface area contributed by atoms with Crippen molar-refractivity contribution >= 4 is 11.9 Å². The van der Waals surface area contributed by atoms with Gasteiger partial charge in [0.1, 0.15) is 12.2 Å². The third-order valence-electron chi connectivity index (χ3n) is 3.24. The Bertz CT molecular complexity index is 444. The molecule has 2 unspecified atom stereocenters. The fourth-order valence-corrected chi connectivity index (χ4v) is 1.59. The molecule has 0 aliphatic heterocycles. The van der Waals surface area contributed by atoms with Crippen molar-refractivity contribution in [2.45, 2.75) is 40.3 Å². The van der Waals surface area contributed by atoms with Crippen molar-refractivity contribution < 1.29 is 14.7 Å². The van der Waals surface area contributed by atoms with Crippen LogP contribution in [-0.2, 0) is 22.7 Å². The minimum absolute atomic E-state index is 0.0258. The van der Waals surface area contributed by atoms with E-state index in [1.54, 1.807) is 0 Å². The number of carboxylic acids is 1. The van der Waals surface area contributed by atoms with E-state index >= 15 is 0 Å². The van der Waals surface area contributed by atoms with Crippen molar-refractivity contribution in [1.29, 1.82) is 0 Å². The van der Waals surface area contributed by atoms with E-state index in [0.29, 0.717) is 11.6 Å². The summed E-state index contributed by atoms with van der Waals surface area (Å²) in [6.45, 7) is 6.01. The number of carbonyl (C=O) groups is 2. The van der Waals surface area contributed by atoms with Crippen LogP contribution in [0.1, 0.15) is 32.9 Å². The summed E-state index contributed by atoms with van der Waals surface area (Å²) < 4.78 is 1.22. The topological polar surface area (TPSA) is 97.1 Å². The van der Waals surface area contributed by atoms with E-state index < -0.39 is 5.97 Å². The summed E-state index contributed by atoms with van der Waals surface area (Å²) in [5.74, 6) is -0.741. The number of rotatable bonds is 7. The molecule has 0 bridgehead atoms. The molecule has 7 nitrogen and oxygen atoms in total. The highest BCUT2D eigenvalue weighted by Gasteiger charge is 2.18. The number of hydrogen-bond acceptors (Lipinski definition) is 4. The number of aromatic nitrogens is 3. The van der Waals surface area contributed by atoms with Crippen LogP contribution in [0.25, 0.3) is 0 Å². The van der Waals surface area contributed by atoms with E-state index in [1.807, 2.05) is 20.8 Å². The van der Waals surface area contributed by atoms with E-state index in [0.717, 1.165) is 6.42 Å². The van der Waals surface area contributed by atoms with Crippen LogP contribution in [0.15, 0.2) is 6.20 Å². The molecule has 0 aromatic carbocycles. The fraction of sp³-hybridized carbons (Fsp3) is 0.667. The summed E-state index contributed by atoms with van der Waals surface area (Å²) in [6.07, 6.45) is 2.46. The molecular formula is C12H20N4O3. The van der Waals surface area contributed by atoms with Gasteiger partial charge in [-0.2, -0.15) is 0 Å². The van der Waals surface area contributed by atoms with Gasteiger partial charge in [0.05, 0.1) is 12.7 Å². The fourth-order valence-electron chi connectivity index (χ4n) is 1.59. The first-order valence-corrected chi connectivity index (χ1v) is 6.32. The number of hydrogen-bond donors (Lipinski definition) is 2. The third-order valence-corrected chi connectivity index (χ3v) is 3.24. The second-order valence-electron chi connectivity index (χ2n) is 4.69. The average molecular weight is 268 g/mol. The molecule has 7 heteroatoms. The predicted octanol–water partition coefficient (Wildman–Crippen LogP) is 0.661. The monoisotopic (exact) mass is 268 g/mol. The zero-order chi connectivity index (χ0) is 14.4. The van der Waals surface area contributed by atoms with Crippen LogP contribution >= 0.6 is 0 Å². The normalized spacial score (nSPS) is 13.8. The molecule has 106 valence electrons. The summed E-state index contributed by atoms with van der Waals surface area (Å²) >= 11 is 0. The first-order chi connectivity index (χ1) is 8.93. The Kier molecular flexibility index (Phi) is 5.47. The van der Waals surface area contributed by atoms with E-state index in [1.165, 1.54) is 10.9 Å². The van der Waals surface area contributed by atoms with Crippen LogP contribution in [0.3, 0.4) is 0 Å². The predicted molar refractivity (Wildman–Crippen MR) is 68.1 cm³/mol. The largest absolute Gasteiger partial charge is 0.480 e. The second kappa shape index (κ2) is 6.86. The van der Waals surface area contributed by atoms with Gasteiger partial charge in [-0.25, -0.2) is 4.68 Å². The van der Waals surface area contributed by atoms with Gasteiger partial charge in [-0.1, -0.05) is 32.4 Å². The Morgan fingerprint density at radius 1 is 1.47 bits per heavy atom. The maximum Gasteiger partial charge on any atom is 0.325 e. The van der Waals surface area contributed by atoms with Crippen molar-refractivity contribution in [3.8, 4) is 0 Å². The number of carbonyl (C=O) groups excluding carboxylic acids is 1. The Hall–Kier alpha value is -1.92. The van der Waals surface area contributed by atoms with Gasteiger partial charge in [-0.05, 0) is 5.92 Å². The van der Waals surface area contributed by atoms with Crippen LogP contribution in [0, 0.1) is 11.8 Å². The summed E-state index contributed by atoms with van der Waals surface area (Å²) in [6, 6.07) is 0. The van der Waals surface area contributed by atoms with Crippen LogP contribution in [0.5, 0.6) is 0 Å². The Morgan fingerprint density at radius 3 is 2.74 bits per heavy atom. The molecule has 0 aliphatic carbocycles. The van der Waals surface area contributed by atoms with Crippen molar-refractivity contribution in [2.75, 3.05) is 0 Å². The minimum Gasteiger partial charge on any atom is -0.480 e. The molecule has 2 atom stereocenters. The number of aliphatic carboxylic acids is 1. The molecule has 0 spiro atoms. The van der Waals surface area contributed by atoms with E-state index in [4.69, 9.17) is 5.11 Å². The van der Waals surface area contributed by atoms with Gasteiger partial charge in [0, 0.05) is 5.92 Å². The lowest BCUT2D eigenvalue weighted by atomic mass is 9.93. The van der Waals surface area contributed by atoms with Crippen molar-refractivity contribution in [3.05, 3.63) is 11.9 Å². The van der Waals surface area contributed by atoms with Crippen LogP contribution in [-0.4, -0.2) is 32.0 Å². The maximum atomic E-state index is 11.8. The summed E-state index contributed by atoms with van der Waals surface area (Å²) in [5, 5.41) is 18.8. The molecule has 19 heavy (non-hydrogen) atoms. The average Bonchev–Trinajstić information content (AvgIpc) is 2.80. The summed E-state index contributed by atoms with van der Waals surface area (Å²) in [7, 11) is 0. The molecule has 0 saturated heterocycles. The van der Waals surface area contributed by atoms with Gasteiger partial charge in [-0.3, -0.25) is 9.59 Å². The molecule has 1 aromatic rings. The third kappa shape index (κ3) is 4.69. The lowest BCUT2D eigenvalue weighted by Crippen LogP contribution is -2.32. The second-order valence-corrected chi connectivity index (χ2v) is 4.69. The van der Waals surface area contributed by atoms with E-state index in [9.17, 15) is 9.59 Å². The molecule has 0 fully saturated rings. The number of carboxylic acid groups (broad SMARTS) is 1. The van der Waals surface area contributed by atoms with Gasteiger partial charge in [-0.15, -0.1) is 5.10 Å². The molecule has 1 aromatic heterocycles. The highest BCUT2D eigenvalue weighted by atomic mass is 16.4. The van der Waals surface area contributed by atoms with Crippen LogP contribution < -0.4 is 5.32 Å². The minimum atomic E-state index is -0.981. The number of nitrogens with one attached hydrogen (secondary N) is 1. The van der Waals surface area contributed by atoms with E-state index in [-0.39, 0.29) is 24.9 Å². The lowest BCUT2D eigenvalue weighted by molar-refractivity contribution is -0.138. The smallest absolute Gasteiger partial charge is 0.325 e. The molecule has 0 saturated carbocycles. The zero-order valence-electron chi connectivity index (χ0n) is 11.5. The molecular weight excluding hydrogens is 248 g/mol. The summed E-state index contributed by atoms with van der Waals surface area (Å²) in [4.78, 5) is 22.3. The van der Waals surface area contributed by atoms with Gasteiger partial charge >= 0.3 is 5.97 Å². The van der Waals surface area contributed by atoms with Gasteiger partial charge in [0.2, 0.25) is 5.91 Å². The molecule has 1 rings (SSSR count). The number of nitrogens with zero attached hydrogens (tertiary/aromatic N) is 3. The van der Waals surface area contributed by atoms with Crippen molar-refractivity contribution in [1.82, 2.24) is 20.3 Å². The molecule has 0 radical (unpaired) electrons. The zero-order valence-corrected chi connectivity index (χ0v) is 11.5. The quantitative estimate of drug-likeness (QED) is 0.757. The Morgan fingerprint density at radius 2 is 2.16 bits per heavy atom. The molecule has 2 N–H and O–H groups in total. The molecule has 1 heterocycles. The lowest BCUT2D eigenvalue weighted by Gasteiger charge is -2.17. The van der Waals surface area contributed by atoms with Gasteiger partial charge in [0.25, 0.3) is 0 Å². The number of amides is 1. The van der Waals surface area contributed by atoms with Crippen LogP contribution in [0.2, 0.25) is 0 Å². The first-order valence-electron chi connectivity index (χ1n) is 6.32. The highest BCUT2D eigenvalue weighted by Crippen LogP contribution is 2.14. The van der Waals surface area contributed by atoms with Gasteiger partial charge in [0.15, 0.2) is 0 Å². The van der Waals surface area contributed by atoms with Crippen LogP contribution in [0.4, 0.5) is 0 Å². The van der Waals surface area contributed by atoms with Crippen molar-refractivity contribution in [2.24, 2.45) is 11.8 Å². The van der Waals surface area contributed by atoms with Gasteiger partial charge < -0.3 is 10.4 Å². The maximum absolute atomic E-state index is 11.8.